The zero-order chi connectivity index (χ0) is 13.0. The predicted molar refractivity (Wildman–Crippen MR) is 75.8 cm³/mol. The van der Waals surface area contributed by atoms with E-state index in [4.69, 9.17) is 4.74 Å². The van der Waals surface area contributed by atoms with Gasteiger partial charge in [-0.1, -0.05) is 13.8 Å². The van der Waals surface area contributed by atoms with Crippen LogP contribution < -0.4 is 5.32 Å². The zero-order valence-electron chi connectivity index (χ0n) is 12.3. The highest BCUT2D eigenvalue weighted by Gasteiger charge is 2.27. The maximum absolute atomic E-state index is 5.69. The molecule has 0 aromatic carbocycles. The molecule has 18 heavy (non-hydrogen) atoms. The van der Waals surface area contributed by atoms with Crippen molar-refractivity contribution in [1.82, 2.24) is 10.2 Å². The minimum Gasteiger partial charge on any atom is -0.378 e. The minimum absolute atomic E-state index is 0.463. The van der Waals surface area contributed by atoms with Crippen LogP contribution in [-0.2, 0) is 4.74 Å². The van der Waals surface area contributed by atoms with Crippen LogP contribution in [0.3, 0.4) is 0 Å². The molecule has 2 heterocycles. The summed E-state index contributed by atoms with van der Waals surface area (Å²) in [5.74, 6) is 1.54. The third-order valence-electron chi connectivity index (χ3n) is 4.34. The second-order valence-corrected chi connectivity index (χ2v) is 6.52. The van der Waals surface area contributed by atoms with E-state index < -0.39 is 0 Å². The molecule has 0 radical (unpaired) electrons. The molecular weight excluding hydrogens is 224 g/mol. The molecule has 0 aliphatic carbocycles. The summed E-state index contributed by atoms with van der Waals surface area (Å²) >= 11 is 0. The van der Waals surface area contributed by atoms with Gasteiger partial charge in [0.05, 0.1) is 6.10 Å². The molecule has 0 aromatic heterocycles. The zero-order valence-corrected chi connectivity index (χ0v) is 12.3. The standard InChI is InChI=1S/C15H30N2O/c1-12(2)9-15-11-17(7-4-6-16-15)10-14-5-8-18-13(14)3/h12-16H,4-11H2,1-3H3. The predicted octanol–water partition coefficient (Wildman–Crippen LogP) is 2.12. The average molecular weight is 254 g/mol. The van der Waals surface area contributed by atoms with E-state index in [1.54, 1.807) is 0 Å². The molecule has 2 saturated heterocycles. The summed E-state index contributed by atoms with van der Waals surface area (Å²) < 4.78 is 5.69. The van der Waals surface area contributed by atoms with Gasteiger partial charge in [-0.15, -0.1) is 0 Å². The molecular formula is C15H30N2O. The smallest absolute Gasteiger partial charge is 0.0588 e. The number of hydrogen-bond donors (Lipinski definition) is 1. The first-order chi connectivity index (χ1) is 8.65. The van der Waals surface area contributed by atoms with Crippen molar-refractivity contribution in [2.75, 3.05) is 32.8 Å². The summed E-state index contributed by atoms with van der Waals surface area (Å²) in [6.45, 7) is 12.7. The van der Waals surface area contributed by atoms with Crippen molar-refractivity contribution >= 4 is 0 Å². The Morgan fingerprint density at radius 2 is 2.22 bits per heavy atom. The molecule has 1 N–H and O–H groups in total. The largest absolute Gasteiger partial charge is 0.378 e. The molecule has 106 valence electrons. The van der Waals surface area contributed by atoms with E-state index in [-0.39, 0.29) is 0 Å². The summed E-state index contributed by atoms with van der Waals surface area (Å²) in [7, 11) is 0. The Labute approximate surface area is 112 Å². The van der Waals surface area contributed by atoms with Gasteiger partial charge >= 0.3 is 0 Å². The van der Waals surface area contributed by atoms with Crippen molar-refractivity contribution in [1.29, 1.82) is 0 Å². The molecule has 0 saturated carbocycles. The quantitative estimate of drug-likeness (QED) is 0.832. The Hall–Kier alpha value is -0.120. The van der Waals surface area contributed by atoms with Crippen molar-refractivity contribution in [2.45, 2.75) is 52.2 Å². The van der Waals surface area contributed by atoms with Gasteiger partial charge in [0.15, 0.2) is 0 Å². The first kappa shape index (κ1) is 14.3. The van der Waals surface area contributed by atoms with E-state index in [0.29, 0.717) is 12.1 Å². The van der Waals surface area contributed by atoms with Crippen LogP contribution in [0, 0.1) is 11.8 Å². The number of nitrogens with zero attached hydrogens (tertiary/aromatic N) is 1. The number of hydrogen-bond acceptors (Lipinski definition) is 3. The van der Waals surface area contributed by atoms with E-state index in [1.165, 1.54) is 45.4 Å². The third kappa shape index (κ3) is 4.22. The maximum Gasteiger partial charge on any atom is 0.0588 e. The highest BCUT2D eigenvalue weighted by atomic mass is 16.5. The molecule has 0 spiro atoms. The average Bonchev–Trinajstić information content (AvgIpc) is 2.58. The molecule has 2 rings (SSSR count). The van der Waals surface area contributed by atoms with Crippen molar-refractivity contribution in [2.24, 2.45) is 11.8 Å². The van der Waals surface area contributed by atoms with E-state index in [9.17, 15) is 0 Å². The Kier molecular flexibility index (Phi) is 5.46. The molecule has 0 bridgehead atoms. The van der Waals surface area contributed by atoms with E-state index in [2.05, 4.69) is 31.0 Å². The minimum atomic E-state index is 0.463. The first-order valence-electron chi connectivity index (χ1n) is 7.72. The van der Waals surface area contributed by atoms with Gasteiger partial charge in [0.2, 0.25) is 0 Å². The summed E-state index contributed by atoms with van der Waals surface area (Å²) in [6.07, 6.45) is 4.30. The number of rotatable bonds is 4. The van der Waals surface area contributed by atoms with Crippen molar-refractivity contribution in [3.63, 3.8) is 0 Å². The lowest BCUT2D eigenvalue weighted by molar-refractivity contribution is 0.0916. The van der Waals surface area contributed by atoms with E-state index in [0.717, 1.165) is 18.4 Å². The SMILES string of the molecule is CC(C)CC1CN(CC2CCOC2C)CCCN1. The molecule has 0 amide bonds. The fourth-order valence-electron chi connectivity index (χ4n) is 3.32. The fourth-order valence-corrected chi connectivity index (χ4v) is 3.32. The molecule has 3 heteroatoms. The van der Waals surface area contributed by atoms with Crippen molar-refractivity contribution < 1.29 is 4.74 Å². The van der Waals surface area contributed by atoms with Crippen LogP contribution in [0.1, 0.15) is 40.0 Å². The Morgan fingerprint density at radius 1 is 1.39 bits per heavy atom. The van der Waals surface area contributed by atoms with Gasteiger partial charge < -0.3 is 15.0 Å². The summed E-state index contributed by atoms with van der Waals surface area (Å²) in [5.41, 5.74) is 0. The van der Waals surface area contributed by atoms with Crippen LogP contribution in [-0.4, -0.2) is 49.8 Å². The highest BCUT2D eigenvalue weighted by Crippen LogP contribution is 2.22. The summed E-state index contributed by atoms with van der Waals surface area (Å²) in [5, 5.41) is 3.71. The third-order valence-corrected chi connectivity index (χ3v) is 4.34. The lowest BCUT2D eigenvalue weighted by Crippen LogP contribution is -2.41. The number of nitrogens with one attached hydrogen (secondary N) is 1. The summed E-state index contributed by atoms with van der Waals surface area (Å²) in [6, 6.07) is 0.685. The molecule has 3 unspecified atom stereocenters. The first-order valence-corrected chi connectivity index (χ1v) is 7.72. The van der Waals surface area contributed by atoms with Gasteiger partial charge in [-0.25, -0.2) is 0 Å². The van der Waals surface area contributed by atoms with Gasteiger partial charge in [-0.3, -0.25) is 0 Å². The molecule has 2 aliphatic rings. The van der Waals surface area contributed by atoms with Crippen LogP contribution >= 0.6 is 0 Å². The molecule has 2 aliphatic heterocycles. The second-order valence-electron chi connectivity index (χ2n) is 6.52. The van der Waals surface area contributed by atoms with Gasteiger partial charge in [-0.2, -0.15) is 0 Å². The molecule has 0 aromatic rings. The van der Waals surface area contributed by atoms with Crippen LogP contribution in [0.4, 0.5) is 0 Å². The summed E-state index contributed by atoms with van der Waals surface area (Å²) in [4.78, 5) is 2.67. The van der Waals surface area contributed by atoms with E-state index in [1.807, 2.05) is 0 Å². The number of ether oxygens (including phenoxy) is 1. The normalized spacial score (nSPS) is 35.0. The van der Waals surface area contributed by atoms with Crippen LogP contribution in [0.25, 0.3) is 0 Å². The van der Waals surface area contributed by atoms with Crippen LogP contribution in [0.5, 0.6) is 0 Å². The van der Waals surface area contributed by atoms with Crippen LogP contribution in [0.15, 0.2) is 0 Å². The molecule has 3 nitrogen and oxygen atoms in total. The van der Waals surface area contributed by atoms with Gasteiger partial charge in [0.25, 0.3) is 0 Å². The van der Waals surface area contributed by atoms with Gasteiger partial charge in [0, 0.05) is 25.7 Å². The van der Waals surface area contributed by atoms with Crippen molar-refractivity contribution in [3.05, 3.63) is 0 Å². The lowest BCUT2D eigenvalue weighted by atomic mass is 10.0. The highest BCUT2D eigenvalue weighted by molar-refractivity contribution is 4.82. The lowest BCUT2D eigenvalue weighted by Gasteiger charge is -2.28. The maximum atomic E-state index is 5.69. The second kappa shape index (κ2) is 6.88. The van der Waals surface area contributed by atoms with Gasteiger partial charge in [-0.05, 0) is 51.1 Å². The Balaban J connectivity index is 1.82. The Bertz CT molecular complexity index is 245. The monoisotopic (exact) mass is 254 g/mol. The molecule has 2 fully saturated rings. The Morgan fingerprint density at radius 3 is 2.89 bits per heavy atom. The van der Waals surface area contributed by atoms with Gasteiger partial charge in [0.1, 0.15) is 0 Å². The molecule has 3 atom stereocenters. The van der Waals surface area contributed by atoms with Crippen molar-refractivity contribution in [3.8, 4) is 0 Å². The van der Waals surface area contributed by atoms with E-state index >= 15 is 0 Å². The fraction of sp³-hybridized carbons (Fsp3) is 1.00. The van der Waals surface area contributed by atoms with Crippen LogP contribution in [0.2, 0.25) is 0 Å². The topological polar surface area (TPSA) is 24.5 Å².